The SMILES string of the molecule is ClCC1=CCN=CC1. The van der Waals surface area contributed by atoms with E-state index in [-0.39, 0.29) is 0 Å². The van der Waals surface area contributed by atoms with Crippen LogP contribution >= 0.6 is 11.6 Å². The second-order valence-electron chi connectivity index (χ2n) is 1.75. The molecule has 0 saturated heterocycles. The average molecular weight is 130 g/mol. The molecule has 0 fully saturated rings. The molecule has 0 radical (unpaired) electrons. The first-order valence-corrected chi connectivity index (χ1v) is 3.19. The van der Waals surface area contributed by atoms with Crippen LogP contribution in [0.3, 0.4) is 0 Å². The molecule has 0 unspecified atom stereocenters. The summed E-state index contributed by atoms with van der Waals surface area (Å²) in [5.74, 6) is 0.659. The summed E-state index contributed by atoms with van der Waals surface area (Å²) in [4.78, 5) is 4.02. The van der Waals surface area contributed by atoms with Crippen LogP contribution in [-0.2, 0) is 0 Å². The van der Waals surface area contributed by atoms with E-state index in [4.69, 9.17) is 11.6 Å². The van der Waals surface area contributed by atoms with E-state index >= 15 is 0 Å². The van der Waals surface area contributed by atoms with E-state index in [0.29, 0.717) is 5.88 Å². The predicted molar refractivity (Wildman–Crippen MR) is 36.8 cm³/mol. The summed E-state index contributed by atoms with van der Waals surface area (Å²) in [5.41, 5.74) is 1.29. The van der Waals surface area contributed by atoms with Gasteiger partial charge in [-0.05, 0) is 0 Å². The summed E-state index contributed by atoms with van der Waals surface area (Å²) >= 11 is 5.55. The third-order valence-electron chi connectivity index (χ3n) is 1.14. The number of hydrogen-bond acceptors (Lipinski definition) is 1. The van der Waals surface area contributed by atoms with Crippen molar-refractivity contribution in [2.24, 2.45) is 4.99 Å². The summed E-state index contributed by atoms with van der Waals surface area (Å²) in [5, 5.41) is 0. The Kier molecular flexibility index (Phi) is 2.10. The smallest absolute Gasteiger partial charge is 0.0569 e. The third-order valence-corrected chi connectivity index (χ3v) is 1.48. The number of halogens is 1. The van der Waals surface area contributed by atoms with Crippen molar-refractivity contribution < 1.29 is 0 Å². The third kappa shape index (κ3) is 1.34. The maximum Gasteiger partial charge on any atom is 0.0569 e. The molecule has 0 aliphatic carbocycles. The zero-order valence-electron chi connectivity index (χ0n) is 4.60. The molecule has 1 aliphatic rings. The van der Waals surface area contributed by atoms with E-state index in [2.05, 4.69) is 11.1 Å². The van der Waals surface area contributed by atoms with Crippen molar-refractivity contribution in [2.75, 3.05) is 12.4 Å². The number of hydrogen-bond donors (Lipinski definition) is 0. The van der Waals surface area contributed by atoms with Crippen molar-refractivity contribution >= 4 is 17.8 Å². The van der Waals surface area contributed by atoms with Gasteiger partial charge in [-0.15, -0.1) is 11.6 Å². The largest absolute Gasteiger partial charge is 0.293 e. The van der Waals surface area contributed by atoms with Gasteiger partial charge in [-0.1, -0.05) is 11.6 Å². The lowest BCUT2D eigenvalue weighted by Crippen LogP contribution is -1.94. The van der Waals surface area contributed by atoms with E-state index in [0.717, 1.165) is 13.0 Å². The zero-order chi connectivity index (χ0) is 5.82. The number of rotatable bonds is 1. The van der Waals surface area contributed by atoms with E-state index < -0.39 is 0 Å². The minimum absolute atomic E-state index is 0.659. The molecule has 0 spiro atoms. The minimum Gasteiger partial charge on any atom is -0.293 e. The van der Waals surface area contributed by atoms with Crippen molar-refractivity contribution in [1.29, 1.82) is 0 Å². The van der Waals surface area contributed by atoms with Crippen LogP contribution in [0.1, 0.15) is 6.42 Å². The molecule has 0 aromatic rings. The molecule has 1 aliphatic heterocycles. The molecular formula is C6H8ClN. The lowest BCUT2D eigenvalue weighted by Gasteiger charge is -2.01. The highest BCUT2D eigenvalue weighted by atomic mass is 35.5. The van der Waals surface area contributed by atoms with Crippen LogP contribution < -0.4 is 0 Å². The molecule has 1 nitrogen and oxygen atoms in total. The highest BCUT2D eigenvalue weighted by Gasteiger charge is 1.94. The Balaban J connectivity index is 2.43. The Hall–Kier alpha value is -0.300. The second-order valence-corrected chi connectivity index (χ2v) is 2.02. The van der Waals surface area contributed by atoms with Gasteiger partial charge in [0.25, 0.3) is 0 Å². The molecule has 0 aromatic heterocycles. The fraction of sp³-hybridized carbons (Fsp3) is 0.500. The highest BCUT2D eigenvalue weighted by molar-refractivity contribution is 6.19. The quantitative estimate of drug-likeness (QED) is 0.377. The molecule has 0 bridgehead atoms. The molecule has 8 heavy (non-hydrogen) atoms. The molecule has 1 rings (SSSR count). The first kappa shape index (κ1) is 5.83. The van der Waals surface area contributed by atoms with E-state index in [9.17, 15) is 0 Å². The van der Waals surface area contributed by atoms with Gasteiger partial charge in [-0.3, -0.25) is 4.99 Å². The minimum atomic E-state index is 0.659. The van der Waals surface area contributed by atoms with Gasteiger partial charge in [-0.25, -0.2) is 0 Å². The van der Waals surface area contributed by atoms with Gasteiger partial charge in [0.2, 0.25) is 0 Å². The fourth-order valence-electron chi connectivity index (χ4n) is 0.631. The van der Waals surface area contributed by atoms with Gasteiger partial charge in [0.15, 0.2) is 0 Å². The summed E-state index contributed by atoms with van der Waals surface area (Å²) in [6.07, 6.45) is 4.94. The fourth-order valence-corrected chi connectivity index (χ4v) is 0.849. The average Bonchev–Trinajstić information content (AvgIpc) is 1.90. The van der Waals surface area contributed by atoms with Crippen LogP contribution in [0.4, 0.5) is 0 Å². The van der Waals surface area contributed by atoms with Crippen LogP contribution in [0.2, 0.25) is 0 Å². The monoisotopic (exact) mass is 129 g/mol. The molecule has 1 heterocycles. The van der Waals surface area contributed by atoms with E-state index in [1.807, 2.05) is 6.21 Å². The Morgan fingerprint density at radius 1 is 1.75 bits per heavy atom. The number of aliphatic imine (C=N–C) groups is 1. The van der Waals surface area contributed by atoms with Crippen molar-refractivity contribution in [3.63, 3.8) is 0 Å². The van der Waals surface area contributed by atoms with Crippen LogP contribution in [0.5, 0.6) is 0 Å². The lowest BCUT2D eigenvalue weighted by atomic mass is 10.2. The Labute approximate surface area is 54.1 Å². The maximum atomic E-state index is 5.55. The number of dihydropyridines is 1. The molecule has 44 valence electrons. The topological polar surface area (TPSA) is 12.4 Å². The van der Waals surface area contributed by atoms with Crippen molar-refractivity contribution in [3.05, 3.63) is 11.6 Å². The molecule has 0 amide bonds. The Morgan fingerprint density at radius 2 is 2.62 bits per heavy atom. The summed E-state index contributed by atoms with van der Waals surface area (Å²) in [6.45, 7) is 0.821. The van der Waals surface area contributed by atoms with Crippen molar-refractivity contribution in [2.45, 2.75) is 6.42 Å². The second kappa shape index (κ2) is 2.88. The van der Waals surface area contributed by atoms with Gasteiger partial charge >= 0.3 is 0 Å². The summed E-state index contributed by atoms with van der Waals surface area (Å²) in [7, 11) is 0. The Morgan fingerprint density at radius 3 is 3.00 bits per heavy atom. The lowest BCUT2D eigenvalue weighted by molar-refractivity contribution is 1.12. The first-order valence-electron chi connectivity index (χ1n) is 2.65. The number of alkyl halides is 1. The molecule has 2 heteroatoms. The van der Waals surface area contributed by atoms with Crippen molar-refractivity contribution in [1.82, 2.24) is 0 Å². The van der Waals surface area contributed by atoms with Crippen LogP contribution in [0.15, 0.2) is 16.6 Å². The highest BCUT2D eigenvalue weighted by Crippen LogP contribution is 2.04. The van der Waals surface area contributed by atoms with Crippen molar-refractivity contribution in [3.8, 4) is 0 Å². The molecule has 0 saturated carbocycles. The molecule has 0 N–H and O–H groups in total. The van der Waals surface area contributed by atoms with Gasteiger partial charge < -0.3 is 0 Å². The van der Waals surface area contributed by atoms with Crippen LogP contribution in [-0.4, -0.2) is 18.6 Å². The molecule has 0 atom stereocenters. The van der Waals surface area contributed by atoms with Gasteiger partial charge in [0, 0.05) is 18.5 Å². The van der Waals surface area contributed by atoms with Crippen LogP contribution in [0, 0.1) is 0 Å². The van der Waals surface area contributed by atoms with E-state index in [1.54, 1.807) is 0 Å². The van der Waals surface area contributed by atoms with Crippen LogP contribution in [0.25, 0.3) is 0 Å². The zero-order valence-corrected chi connectivity index (χ0v) is 5.36. The number of nitrogens with zero attached hydrogens (tertiary/aromatic N) is 1. The standard InChI is InChI=1S/C6H8ClN/c7-5-6-1-3-8-4-2-6/h1,4H,2-3,5H2. The molecule has 0 aromatic carbocycles. The van der Waals surface area contributed by atoms with Gasteiger partial charge in [-0.2, -0.15) is 0 Å². The maximum absolute atomic E-state index is 5.55. The molecular weight excluding hydrogens is 122 g/mol. The van der Waals surface area contributed by atoms with E-state index in [1.165, 1.54) is 5.57 Å². The number of allylic oxidation sites excluding steroid dienone is 1. The predicted octanol–water partition coefficient (Wildman–Crippen LogP) is 1.63. The Bertz CT molecular complexity index is 126. The normalized spacial score (nSPS) is 18.4. The summed E-state index contributed by atoms with van der Waals surface area (Å²) < 4.78 is 0. The summed E-state index contributed by atoms with van der Waals surface area (Å²) in [6, 6.07) is 0. The van der Waals surface area contributed by atoms with Gasteiger partial charge in [0.05, 0.1) is 6.54 Å². The first-order chi connectivity index (χ1) is 3.93. The van der Waals surface area contributed by atoms with Gasteiger partial charge in [0.1, 0.15) is 0 Å².